The fourth-order valence-corrected chi connectivity index (χ4v) is 2.70. The lowest BCUT2D eigenvalue weighted by molar-refractivity contribution is 0.339. The molecule has 17 heavy (non-hydrogen) atoms. The summed E-state index contributed by atoms with van der Waals surface area (Å²) in [6.45, 7) is 8.29. The summed E-state index contributed by atoms with van der Waals surface area (Å²) in [6.07, 6.45) is 0.972. The lowest BCUT2D eigenvalue weighted by atomic mass is 9.93. The molecule has 0 fully saturated rings. The molecule has 0 radical (unpaired) electrons. The molecule has 94 valence electrons. The first kappa shape index (κ1) is 12.7. The Morgan fingerprint density at radius 1 is 1.41 bits per heavy atom. The van der Waals surface area contributed by atoms with Gasteiger partial charge in [0.2, 0.25) is 0 Å². The Labute approximate surface area is 108 Å². The van der Waals surface area contributed by atoms with Crippen molar-refractivity contribution in [3.8, 4) is 5.75 Å². The van der Waals surface area contributed by atoms with Gasteiger partial charge in [0.05, 0.1) is 6.61 Å². The average Bonchev–Trinajstić information content (AvgIpc) is 2.72. The fraction of sp³-hybridized carbons (Fsp3) is 0.571. The molecule has 3 heteroatoms. The second kappa shape index (κ2) is 5.28. The van der Waals surface area contributed by atoms with Crippen molar-refractivity contribution in [1.82, 2.24) is 5.32 Å². The van der Waals surface area contributed by atoms with Gasteiger partial charge in [-0.2, -0.15) is 0 Å². The highest BCUT2D eigenvalue weighted by molar-refractivity contribution is 6.30. The summed E-state index contributed by atoms with van der Waals surface area (Å²) in [5, 5.41) is 4.33. The Bertz CT molecular complexity index is 403. The highest BCUT2D eigenvalue weighted by atomic mass is 35.5. The first-order chi connectivity index (χ1) is 8.13. The first-order valence-electron chi connectivity index (χ1n) is 6.32. The van der Waals surface area contributed by atoms with Gasteiger partial charge in [-0.25, -0.2) is 0 Å². The minimum absolute atomic E-state index is 0.311. The lowest BCUT2D eigenvalue weighted by Crippen LogP contribution is -2.25. The number of ether oxygens (including phenoxy) is 1. The van der Waals surface area contributed by atoms with Gasteiger partial charge in [-0.1, -0.05) is 32.4 Å². The molecule has 0 saturated carbocycles. The standard InChI is InChI=1S/C14H20ClNO/c1-4-16-13(9(2)3)12-8-11(15)7-10-5-6-17-14(10)12/h7-9,13,16H,4-6H2,1-3H3. The van der Waals surface area contributed by atoms with Crippen molar-refractivity contribution in [2.24, 2.45) is 5.92 Å². The van der Waals surface area contributed by atoms with E-state index in [1.807, 2.05) is 12.1 Å². The molecule has 1 aromatic carbocycles. The Morgan fingerprint density at radius 3 is 2.82 bits per heavy atom. The van der Waals surface area contributed by atoms with E-state index in [0.29, 0.717) is 12.0 Å². The van der Waals surface area contributed by atoms with Gasteiger partial charge in [0.25, 0.3) is 0 Å². The van der Waals surface area contributed by atoms with E-state index in [4.69, 9.17) is 16.3 Å². The molecule has 1 atom stereocenters. The van der Waals surface area contributed by atoms with E-state index in [2.05, 4.69) is 26.1 Å². The molecule has 0 bridgehead atoms. The van der Waals surface area contributed by atoms with Crippen LogP contribution < -0.4 is 10.1 Å². The van der Waals surface area contributed by atoms with Crippen molar-refractivity contribution in [2.75, 3.05) is 13.2 Å². The summed E-state index contributed by atoms with van der Waals surface area (Å²) in [5.74, 6) is 1.57. The zero-order valence-corrected chi connectivity index (χ0v) is 11.5. The van der Waals surface area contributed by atoms with Gasteiger partial charge in [0, 0.05) is 23.0 Å². The molecule has 0 spiro atoms. The third-order valence-corrected chi connectivity index (χ3v) is 3.42. The second-order valence-corrected chi connectivity index (χ2v) is 5.30. The van der Waals surface area contributed by atoms with Gasteiger partial charge in [-0.05, 0) is 30.2 Å². The number of benzene rings is 1. The largest absolute Gasteiger partial charge is 0.493 e. The van der Waals surface area contributed by atoms with E-state index >= 15 is 0 Å². The summed E-state index contributed by atoms with van der Waals surface area (Å²) >= 11 is 6.19. The zero-order chi connectivity index (χ0) is 12.4. The van der Waals surface area contributed by atoms with Crippen LogP contribution in [-0.4, -0.2) is 13.2 Å². The van der Waals surface area contributed by atoms with Crippen LogP contribution in [0.5, 0.6) is 5.75 Å². The van der Waals surface area contributed by atoms with Gasteiger partial charge in [-0.15, -0.1) is 0 Å². The van der Waals surface area contributed by atoms with Crippen LogP contribution >= 0.6 is 11.6 Å². The van der Waals surface area contributed by atoms with E-state index in [0.717, 1.165) is 30.3 Å². The lowest BCUT2D eigenvalue weighted by Gasteiger charge is -2.24. The molecular formula is C14H20ClNO. The quantitative estimate of drug-likeness (QED) is 0.886. The summed E-state index contributed by atoms with van der Waals surface area (Å²) in [7, 11) is 0. The summed E-state index contributed by atoms with van der Waals surface area (Å²) in [4.78, 5) is 0. The maximum Gasteiger partial charge on any atom is 0.127 e. The molecule has 1 aliphatic rings. The molecule has 2 nitrogen and oxygen atoms in total. The molecule has 2 rings (SSSR count). The first-order valence-corrected chi connectivity index (χ1v) is 6.69. The fourth-order valence-electron chi connectivity index (χ4n) is 2.45. The van der Waals surface area contributed by atoms with Crippen LogP contribution in [0, 0.1) is 5.92 Å². The topological polar surface area (TPSA) is 21.3 Å². The maximum atomic E-state index is 6.19. The number of rotatable bonds is 4. The molecule has 1 aliphatic heterocycles. The van der Waals surface area contributed by atoms with Gasteiger partial charge in [0.15, 0.2) is 0 Å². The molecule has 0 aromatic heterocycles. The number of halogens is 1. The van der Waals surface area contributed by atoms with Crippen molar-refractivity contribution in [1.29, 1.82) is 0 Å². The van der Waals surface area contributed by atoms with Gasteiger partial charge in [0.1, 0.15) is 5.75 Å². The highest BCUT2D eigenvalue weighted by Crippen LogP contribution is 2.38. The zero-order valence-electron chi connectivity index (χ0n) is 10.7. The number of nitrogens with one attached hydrogen (secondary N) is 1. The molecule has 1 heterocycles. The van der Waals surface area contributed by atoms with Crippen LogP contribution in [0.25, 0.3) is 0 Å². The van der Waals surface area contributed by atoms with E-state index in [1.165, 1.54) is 11.1 Å². The third-order valence-electron chi connectivity index (χ3n) is 3.20. The molecule has 1 aromatic rings. The van der Waals surface area contributed by atoms with Crippen LogP contribution in [0.15, 0.2) is 12.1 Å². The van der Waals surface area contributed by atoms with Crippen molar-refractivity contribution in [3.05, 3.63) is 28.3 Å². The highest BCUT2D eigenvalue weighted by Gasteiger charge is 2.24. The van der Waals surface area contributed by atoms with Crippen molar-refractivity contribution < 1.29 is 4.74 Å². The van der Waals surface area contributed by atoms with E-state index < -0.39 is 0 Å². The van der Waals surface area contributed by atoms with Gasteiger partial charge >= 0.3 is 0 Å². The maximum absolute atomic E-state index is 6.19. The smallest absolute Gasteiger partial charge is 0.127 e. The third kappa shape index (κ3) is 2.58. The normalized spacial score (nSPS) is 15.8. The Hall–Kier alpha value is -0.730. The Balaban J connectivity index is 2.42. The van der Waals surface area contributed by atoms with Gasteiger partial charge < -0.3 is 10.1 Å². The Morgan fingerprint density at radius 2 is 2.18 bits per heavy atom. The molecule has 1 N–H and O–H groups in total. The minimum Gasteiger partial charge on any atom is -0.493 e. The van der Waals surface area contributed by atoms with Crippen LogP contribution in [0.2, 0.25) is 5.02 Å². The average molecular weight is 254 g/mol. The van der Waals surface area contributed by atoms with Gasteiger partial charge in [-0.3, -0.25) is 0 Å². The van der Waals surface area contributed by atoms with Crippen LogP contribution in [-0.2, 0) is 6.42 Å². The minimum atomic E-state index is 0.311. The Kier molecular flexibility index (Phi) is 3.95. The molecular weight excluding hydrogens is 234 g/mol. The number of fused-ring (bicyclic) bond motifs is 1. The monoisotopic (exact) mass is 253 g/mol. The van der Waals surface area contributed by atoms with E-state index in [1.54, 1.807) is 0 Å². The molecule has 0 saturated heterocycles. The predicted molar refractivity (Wildman–Crippen MR) is 71.9 cm³/mol. The SMILES string of the molecule is CCNC(c1cc(Cl)cc2c1OCC2)C(C)C. The molecule has 0 aliphatic carbocycles. The van der Waals surface area contributed by atoms with Crippen LogP contribution in [0.3, 0.4) is 0 Å². The summed E-state index contributed by atoms with van der Waals surface area (Å²) < 4.78 is 5.76. The van der Waals surface area contributed by atoms with Crippen molar-refractivity contribution in [2.45, 2.75) is 33.2 Å². The molecule has 0 amide bonds. The number of hydrogen-bond acceptors (Lipinski definition) is 2. The van der Waals surface area contributed by atoms with E-state index in [9.17, 15) is 0 Å². The number of hydrogen-bond donors (Lipinski definition) is 1. The van der Waals surface area contributed by atoms with Crippen LogP contribution in [0.1, 0.15) is 37.9 Å². The van der Waals surface area contributed by atoms with Crippen molar-refractivity contribution in [3.63, 3.8) is 0 Å². The predicted octanol–water partition coefficient (Wildman–Crippen LogP) is 3.58. The summed E-state index contributed by atoms with van der Waals surface area (Å²) in [6, 6.07) is 4.38. The van der Waals surface area contributed by atoms with Crippen LogP contribution in [0.4, 0.5) is 0 Å². The van der Waals surface area contributed by atoms with Crippen molar-refractivity contribution >= 4 is 11.6 Å². The summed E-state index contributed by atoms with van der Waals surface area (Å²) in [5.41, 5.74) is 2.46. The van der Waals surface area contributed by atoms with E-state index in [-0.39, 0.29) is 0 Å². The second-order valence-electron chi connectivity index (χ2n) is 4.86. The molecule has 1 unspecified atom stereocenters.